The van der Waals surface area contributed by atoms with Crippen molar-refractivity contribution in [3.63, 3.8) is 0 Å². The van der Waals surface area contributed by atoms with Crippen molar-refractivity contribution in [1.29, 1.82) is 0 Å². The van der Waals surface area contributed by atoms with Gasteiger partial charge in [0.25, 0.3) is 5.91 Å². The first-order valence-electron chi connectivity index (χ1n) is 6.77. The number of thioether (sulfide) groups is 1. The lowest BCUT2D eigenvalue weighted by Crippen LogP contribution is -2.07. The molecule has 0 radical (unpaired) electrons. The molecule has 4 nitrogen and oxygen atoms in total. The number of nitrogens with zero attached hydrogens (tertiary/aromatic N) is 1. The Morgan fingerprint density at radius 1 is 1.26 bits per heavy atom. The number of rotatable bonds is 6. The van der Waals surface area contributed by atoms with Crippen LogP contribution in [0.5, 0.6) is 5.75 Å². The van der Waals surface area contributed by atoms with Crippen LogP contribution in [0.4, 0.5) is 0 Å². The van der Waals surface area contributed by atoms with Gasteiger partial charge in [0.05, 0.1) is 16.9 Å². The Hall–Kier alpha value is -1.83. The number of methoxy groups -OCH3 is 1. The molecule has 2 N–H and O–H groups in total. The first-order valence-corrected chi connectivity index (χ1v) is 9.45. The van der Waals surface area contributed by atoms with E-state index < -0.39 is 5.91 Å². The molecule has 3 rings (SSSR count). The smallest absolute Gasteiger partial charge is 0.258 e. The van der Waals surface area contributed by atoms with Gasteiger partial charge in [-0.3, -0.25) is 4.79 Å². The number of thiazole rings is 1. The summed E-state index contributed by atoms with van der Waals surface area (Å²) >= 11 is 4.64. The standard InChI is InChI=1S/C16H14N2O2S3/c1-20-11-4-2-10(3-5-11)8-21-14-9-22-16(18-14)13-7-6-12(23-13)15(17)19/h2-7,9H,8H2,1H3,(H2,17,19). The van der Waals surface area contributed by atoms with Gasteiger partial charge < -0.3 is 10.5 Å². The molecule has 0 saturated carbocycles. The molecule has 23 heavy (non-hydrogen) atoms. The Morgan fingerprint density at radius 3 is 2.70 bits per heavy atom. The lowest BCUT2D eigenvalue weighted by atomic mass is 10.2. The van der Waals surface area contributed by atoms with Gasteiger partial charge in [-0.25, -0.2) is 4.98 Å². The third-order valence-electron chi connectivity index (χ3n) is 3.09. The van der Waals surface area contributed by atoms with Gasteiger partial charge in [0.15, 0.2) is 0 Å². The minimum absolute atomic E-state index is 0.396. The van der Waals surface area contributed by atoms with Crippen molar-refractivity contribution in [1.82, 2.24) is 4.98 Å². The Labute approximate surface area is 146 Å². The summed E-state index contributed by atoms with van der Waals surface area (Å²) in [5, 5.41) is 3.93. The maximum absolute atomic E-state index is 11.2. The molecule has 0 fully saturated rings. The molecule has 0 aliphatic heterocycles. The molecule has 7 heteroatoms. The van der Waals surface area contributed by atoms with Crippen LogP contribution in [-0.2, 0) is 5.75 Å². The van der Waals surface area contributed by atoms with Gasteiger partial charge >= 0.3 is 0 Å². The largest absolute Gasteiger partial charge is 0.497 e. The van der Waals surface area contributed by atoms with E-state index in [0.717, 1.165) is 26.4 Å². The van der Waals surface area contributed by atoms with Crippen LogP contribution in [0.15, 0.2) is 46.8 Å². The number of carbonyl (C=O) groups is 1. The third-order valence-corrected chi connectivity index (χ3v) is 6.33. The van der Waals surface area contributed by atoms with Crippen LogP contribution in [0.3, 0.4) is 0 Å². The quantitative estimate of drug-likeness (QED) is 0.665. The number of hydrogen-bond acceptors (Lipinski definition) is 6. The highest BCUT2D eigenvalue weighted by atomic mass is 32.2. The summed E-state index contributed by atoms with van der Waals surface area (Å²) in [5.74, 6) is 1.31. The monoisotopic (exact) mass is 362 g/mol. The van der Waals surface area contributed by atoms with E-state index >= 15 is 0 Å². The molecule has 1 aromatic carbocycles. The van der Waals surface area contributed by atoms with Crippen LogP contribution in [-0.4, -0.2) is 18.0 Å². The van der Waals surface area contributed by atoms with E-state index in [-0.39, 0.29) is 0 Å². The van der Waals surface area contributed by atoms with Crippen LogP contribution in [0, 0.1) is 0 Å². The van der Waals surface area contributed by atoms with E-state index in [1.165, 1.54) is 16.9 Å². The molecule has 0 aliphatic carbocycles. The highest BCUT2D eigenvalue weighted by molar-refractivity contribution is 7.98. The molecule has 0 spiro atoms. The highest BCUT2D eigenvalue weighted by Gasteiger charge is 2.10. The number of benzene rings is 1. The third kappa shape index (κ3) is 3.93. The molecule has 0 bridgehead atoms. The van der Waals surface area contributed by atoms with E-state index in [1.807, 2.05) is 23.6 Å². The lowest BCUT2D eigenvalue weighted by Gasteiger charge is -2.02. The van der Waals surface area contributed by atoms with Crippen molar-refractivity contribution in [3.05, 3.63) is 52.2 Å². The molecule has 0 atom stereocenters. The number of thiophene rings is 1. The number of carbonyl (C=O) groups excluding carboxylic acids is 1. The van der Waals surface area contributed by atoms with E-state index in [4.69, 9.17) is 10.5 Å². The number of ether oxygens (including phenoxy) is 1. The second-order valence-electron chi connectivity index (χ2n) is 4.66. The van der Waals surface area contributed by atoms with Gasteiger partial charge in [0, 0.05) is 11.1 Å². The zero-order chi connectivity index (χ0) is 16.2. The topological polar surface area (TPSA) is 65.2 Å². The van der Waals surface area contributed by atoms with Crippen molar-refractivity contribution in [3.8, 4) is 15.6 Å². The summed E-state index contributed by atoms with van der Waals surface area (Å²) in [6.45, 7) is 0. The number of hydrogen-bond donors (Lipinski definition) is 1. The van der Waals surface area contributed by atoms with Gasteiger partial charge in [-0.05, 0) is 29.8 Å². The van der Waals surface area contributed by atoms with Gasteiger partial charge in [0.2, 0.25) is 0 Å². The number of nitrogens with two attached hydrogens (primary N) is 1. The highest BCUT2D eigenvalue weighted by Crippen LogP contribution is 2.34. The molecule has 118 valence electrons. The Balaban J connectivity index is 1.65. The molecule has 1 amide bonds. The van der Waals surface area contributed by atoms with E-state index in [2.05, 4.69) is 17.1 Å². The van der Waals surface area contributed by atoms with E-state index in [0.29, 0.717) is 4.88 Å². The summed E-state index contributed by atoms with van der Waals surface area (Å²) in [7, 11) is 1.66. The minimum Gasteiger partial charge on any atom is -0.497 e. The molecular weight excluding hydrogens is 348 g/mol. The van der Waals surface area contributed by atoms with Crippen LogP contribution in [0.2, 0.25) is 0 Å². The van der Waals surface area contributed by atoms with Crippen molar-refractivity contribution in [2.75, 3.05) is 7.11 Å². The predicted molar refractivity (Wildman–Crippen MR) is 96.5 cm³/mol. The van der Waals surface area contributed by atoms with E-state index in [1.54, 1.807) is 36.3 Å². The average Bonchev–Trinajstić information content (AvgIpc) is 3.22. The second-order valence-corrected chi connectivity index (χ2v) is 7.59. The van der Waals surface area contributed by atoms with Crippen LogP contribution in [0.25, 0.3) is 9.88 Å². The first kappa shape index (κ1) is 16.0. The van der Waals surface area contributed by atoms with Gasteiger partial charge in [-0.15, -0.1) is 34.4 Å². The second kappa shape index (κ2) is 7.16. The number of primary amides is 1. The molecule has 2 aromatic heterocycles. The van der Waals surface area contributed by atoms with E-state index in [9.17, 15) is 4.79 Å². The summed E-state index contributed by atoms with van der Waals surface area (Å²) in [6.07, 6.45) is 0. The fraction of sp³-hybridized carbons (Fsp3) is 0.125. The van der Waals surface area contributed by atoms with Crippen LogP contribution < -0.4 is 10.5 Å². The maximum Gasteiger partial charge on any atom is 0.258 e. The lowest BCUT2D eigenvalue weighted by molar-refractivity contribution is 0.100. The van der Waals surface area contributed by atoms with Gasteiger partial charge in [-0.2, -0.15) is 0 Å². The molecular formula is C16H14N2O2S3. The maximum atomic E-state index is 11.2. The zero-order valence-corrected chi connectivity index (χ0v) is 14.8. The van der Waals surface area contributed by atoms with Crippen molar-refractivity contribution < 1.29 is 9.53 Å². The molecule has 2 heterocycles. The van der Waals surface area contributed by atoms with Gasteiger partial charge in [-0.1, -0.05) is 12.1 Å². The SMILES string of the molecule is COc1ccc(CSc2csc(-c3ccc(C(N)=O)s3)n2)cc1. The summed E-state index contributed by atoms with van der Waals surface area (Å²) < 4.78 is 5.15. The van der Waals surface area contributed by atoms with Crippen molar-refractivity contribution in [2.24, 2.45) is 5.73 Å². The molecule has 3 aromatic rings. The van der Waals surface area contributed by atoms with Crippen molar-refractivity contribution in [2.45, 2.75) is 10.8 Å². The molecule has 0 unspecified atom stereocenters. The first-order chi connectivity index (χ1) is 11.2. The Bertz CT molecular complexity index is 809. The average molecular weight is 363 g/mol. The number of amides is 1. The Morgan fingerprint density at radius 2 is 2.04 bits per heavy atom. The van der Waals surface area contributed by atoms with Crippen LogP contribution >= 0.6 is 34.4 Å². The van der Waals surface area contributed by atoms with Gasteiger partial charge in [0.1, 0.15) is 15.8 Å². The van der Waals surface area contributed by atoms with Crippen molar-refractivity contribution >= 4 is 40.3 Å². The Kier molecular flexibility index (Phi) is 5.00. The fourth-order valence-electron chi connectivity index (χ4n) is 1.90. The normalized spacial score (nSPS) is 10.7. The minimum atomic E-state index is -0.396. The predicted octanol–water partition coefficient (Wildman–Crippen LogP) is 4.27. The van der Waals surface area contributed by atoms with Crippen LogP contribution in [0.1, 0.15) is 15.2 Å². The fourth-order valence-corrected chi connectivity index (χ4v) is 4.65. The molecule has 0 saturated heterocycles. The summed E-state index contributed by atoms with van der Waals surface area (Å²) in [6, 6.07) is 11.7. The zero-order valence-electron chi connectivity index (χ0n) is 12.3. The summed E-state index contributed by atoms with van der Waals surface area (Å²) in [4.78, 5) is 17.3. The molecule has 0 aliphatic rings. The summed E-state index contributed by atoms with van der Waals surface area (Å²) in [5.41, 5.74) is 6.50. The number of aromatic nitrogens is 1.